The summed E-state index contributed by atoms with van der Waals surface area (Å²) < 4.78 is 28.4. The molecule has 1 aromatic rings. The third-order valence-corrected chi connectivity index (χ3v) is 5.96. The molecule has 1 fully saturated rings. The Morgan fingerprint density at radius 3 is 2.74 bits per heavy atom. The van der Waals surface area contributed by atoms with Crippen molar-refractivity contribution in [1.82, 2.24) is 10.2 Å². The highest BCUT2D eigenvalue weighted by atomic mass is 32.2. The van der Waals surface area contributed by atoms with Crippen molar-refractivity contribution in [2.24, 2.45) is 0 Å². The van der Waals surface area contributed by atoms with Gasteiger partial charge in [0, 0.05) is 11.6 Å². The molecule has 1 aliphatic heterocycles. The summed E-state index contributed by atoms with van der Waals surface area (Å²) in [5.74, 6) is 0.950. The van der Waals surface area contributed by atoms with Crippen LogP contribution in [-0.2, 0) is 14.6 Å². The maximum Gasteiger partial charge on any atom is 0.234 e. The normalized spacial score (nSPS) is 21.1. The summed E-state index contributed by atoms with van der Waals surface area (Å²) in [5, 5.41) is 2.94. The summed E-state index contributed by atoms with van der Waals surface area (Å²) in [4.78, 5) is 14.0. The summed E-state index contributed by atoms with van der Waals surface area (Å²) in [7, 11) is 0.448. The van der Waals surface area contributed by atoms with Gasteiger partial charge in [-0.2, -0.15) is 0 Å². The van der Waals surface area contributed by atoms with E-state index >= 15 is 0 Å². The molecule has 0 bridgehead atoms. The third-order valence-electron chi connectivity index (χ3n) is 4.21. The van der Waals surface area contributed by atoms with E-state index < -0.39 is 9.84 Å². The van der Waals surface area contributed by atoms with Gasteiger partial charge in [-0.1, -0.05) is 18.2 Å². The summed E-state index contributed by atoms with van der Waals surface area (Å²) in [6, 6.07) is 7.29. The van der Waals surface area contributed by atoms with Gasteiger partial charge in [-0.15, -0.1) is 0 Å². The molecule has 128 valence electrons. The van der Waals surface area contributed by atoms with Crippen LogP contribution >= 0.6 is 0 Å². The SMILES string of the molecule is COc1ccccc1C(C)NC(=O)CN(C)C1CCS(=O)(=O)C1. The molecule has 1 saturated heterocycles. The zero-order chi connectivity index (χ0) is 17.0. The number of ether oxygens (including phenoxy) is 1. The van der Waals surface area contributed by atoms with Crippen LogP contribution < -0.4 is 10.1 Å². The average molecular weight is 340 g/mol. The quantitative estimate of drug-likeness (QED) is 0.836. The van der Waals surface area contributed by atoms with Crippen LogP contribution in [0, 0.1) is 0 Å². The minimum atomic E-state index is -2.94. The van der Waals surface area contributed by atoms with Crippen molar-refractivity contribution in [1.29, 1.82) is 0 Å². The van der Waals surface area contributed by atoms with Crippen molar-refractivity contribution < 1.29 is 17.9 Å². The number of carbonyl (C=O) groups is 1. The first-order valence-electron chi connectivity index (χ1n) is 7.65. The summed E-state index contributed by atoms with van der Waals surface area (Å²) in [6.07, 6.45) is 0.591. The smallest absolute Gasteiger partial charge is 0.234 e. The van der Waals surface area contributed by atoms with Gasteiger partial charge in [-0.3, -0.25) is 9.69 Å². The highest BCUT2D eigenvalue weighted by molar-refractivity contribution is 7.91. The molecule has 0 aliphatic carbocycles. The summed E-state index contributed by atoms with van der Waals surface area (Å²) in [6.45, 7) is 2.08. The molecule has 1 aromatic carbocycles. The number of benzene rings is 1. The van der Waals surface area contributed by atoms with Gasteiger partial charge < -0.3 is 10.1 Å². The predicted octanol–water partition coefficient (Wildman–Crippen LogP) is 0.991. The average Bonchev–Trinajstić information content (AvgIpc) is 2.87. The Kier molecular flexibility index (Phi) is 5.64. The zero-order valence-corrected chi connectivity index (χ0v) is 14.6. The van der Waals surface area contributed by atoms with Gasteiger partial charge in [0.2, 0.25) is 5.91 Å². The van der Waals surface area contributed by atoms with Gasteiger partial charge in [-0.05, 0) is 26.5 Å². The van der Waals surface area contributed by atoms with Gasteiger partial charge in [0.1, 0.15) is 5.75 Å². The van der Waals surface area contributed by atoms with Gasteiger partial charge in [0.05, 0.1) is 31.2 Å². The summed E-state index contributed by atoms with van der Waals surface area (Å²) in [5.41, 5.74) is 0.912. The lowest BCUT2D eigenvalue weighted by atomic mass is 10.1. The Bertz CT molecular complexity index is 660. The van der Waals surface area contributed by atoms with Crippen LogP contribution in [0.25, 0.3) is 0 Å². The molecular formula is C16H24N2O4S. The minimum absolute atomic E-state index is 0.0766. The molecular weight excluding hydrogens is 316 g/mol. The van der Waals surface area contributed by atoms with Crippen LogP contribution in [0.3, 0.4) is 0 Å². The second kappa shape index (κ2) is 7.31. The van der Waals surface area contributed by atoms with Crippen LogP contribution in [0.2, 0.25) is 0 Å². The molecule has 1 N–H and O–H groups in total. The molecule has 6 nitrogen and oxygen atoms in total. The second-order valence-corrected chi connectivity index (χ2v) is 8.23. The number of methoxy groups -OCH3 is 1. The van der Waals surface area contributed by atoms with Crippen LogP contribution in [0.15, 0.2) is 24.3 Å². The van der Waals surface area contributed by atoms with E-state index in [-0.39, 0.29) is 36.0 Å². The lowest BCUT2D eigenvalue weighted by molar-refractivity contribution is -0.123. The minimum Gasteiger partial charge on any atom is -0.496 e. The maximum absolute atomic E-state index is 12.2. The Hall–Kier alpha value is -1.60. The van der Waals surface area contributed by atoms with E-state index in [2.05, 4.69) is 5.32 Å². The van der Waals surface area contributed by atoms with Crippen molar-refractivity contribution in [3.63, 3.8) is 0 Å². The van der Waals surface area contributed by atoms with Gasteiger partial charge in [-0.25, -0.2) is 8.42 Å². The first kappa shape index (κ1) is 17.7. The topological polar surface area (TPSA) is 75.7 Å². The monoisotopic (exact) mass is 340 g/mol. The Balaban J connectivity index is 1.91. The number of nitrogens with zero attached hydrogens (tertiary/aromatic N) is 1. The molecule has 1 heterocycles. The second-order valence-electron chi connectivity index (χ2n) is 6.00. The maximum atomic E-state index is 12.2. The molecule has 1 aliphatic rings. The number of carbonyl (C=O) groups excluding carboxylic acids is 1. The van der Waals surface area contributed by atoms with Crippen LogP contribution in [0.1, 0.15) is 24.9 Å². The first-order chi connectivity index (χ1) is 10.8. The Labute approximate surface area is 137 Å². The van der Waals surface area contributed by atoms with Crippen LogP contribution in [0.4, 0.5) is 0 Å². The molecule has 7 heteroatoms. The standard InChI is InChI=1S/C16H24N2O4S/c1-12(14-6-4-5-7-15(14)22-3)17-16(19)10-18(2)13-8-9-23(20,21)11-13/h4-7,12-13H,8-11H2,1-3H3,(H,17,19). The van der Waals surface area contributed by atoms with Crippen molar-refractivity contribution in [3.05, 3.63) is 29.8 Å². The number of sulfone groups is 1. The Morgan fingerprint density at radius 2 is 2.13 bits per heavy atom. The van der Waals surface area contributed by atoms with Gasteiger partial charge in [0.15, 0.2) is 9.84 Å². The molecule has 0 aromatic heterocycles. The number of rotatable bonds is 6. The number of nitrogens with one attached hydrogen (secondary N) is 1. The number of para-hydroxylation sites is 1. The number of hydrogen-bond acceptors (Lipinski definition) is 5. The third kappa shape index (κ3) is 4.68. The van der Waals surface area contributed by atoms with E-state index in [4.69, 9.17) is 4.74 Å². The van der Waals surface area contributed by atoms with E-state index in [1.165, 1.54) is 0 Å². The molecule has 1 amide bonds. The lowest BCUT2D eigenvalue weighted by Gasteiger charge is -2.24. The van der Waals surface area contributed by atoms with Crippen LogP contribution in [-0.4, -0.2) is 57.5 Å². The molecule has 0 radical (unpaired) electrons. The van der Waals surface area contributed by atoms with Crippen LogP contribution in [0.5, 0.6) is 5.75 Å². The fraction of sp³-hybridized carbons (Fsp3) is 0.562. The number of likely N-dealkylation sites (N-methyl/N-ethyl adjacent to an activating group) is 1. The van der Waals surface area contributed by atoms with Crippen molar-refractivity contribution in [3.8, 4) is 5.75 Å². The fourth-order valence-electron chi connectivity index (χ4n) is 2.87. The molecule has 0 spiro atoms. The molecule has 0 saturated carbocycles. The van der Waals surface area contributed by atoms with E-state index in [1.807, 2.05) is 36.1 Å². The van der Waals surface area contributed by atoms with E-state index in [1.54, 1.807) is 14.2 Å². The largest absolute Gasteiger partial charge is 0.496 e. The van der Waals surface area contributed by atoms with E-state index in [0.29, 0.717) is 6.42 Å². The van der Waals surface area contributed by atoms with E-state index in [0.717, 1.165) is 11.3 Å². The Morgan fingerprint density at radius 1 is 1.43 bits per heavy atom. The molecule has 2 unspecified atom stereocenters. The highest BCUT2D eigenvalue weighted by Gasteiger charge is 2.31. The molecule has 2 atom stereocenters. The van der Waals surface area contributed by atoms with Crippen molar-refractivity contribution in [2.45, 2.75) is 25.4 Å². The highest BCUT2D eigenvalue weighted by Crippen LogP contribution is 2.24. The van der Waals surface area contributed by atoms with Crippen molar-refractivity contribution in [2.75, 3.05) is 32.2 Å². The molecule has 2 rings (SSSR count). The van der Waals surface area contributed by atoms with Crippen molar-refractivity contribution >= 4 is 15.7 Å². The van der Waals surface area contributed by atoms with Gasteiger partial charge >= 0.3 is 0 Å². The molecule has 23 heavy (non-hydrogen) atoms. The summed E-state index contributed by atoms with van der Waals surface area (Å²) >= 11 is 0. The van der Waals surface area contributed by atoms with Gasteiger partial charge in [0.25, 0.3) is 0 Å². The van der Waals surface area contributed by atoms with E-state index in [9.17, 15) is 13.2 Å². The fourth-order valence-corrected chi connectivity index (χ4v) is 4.67. The predicted molar refractivity (Wildman–Crippen MR) is 89.2 cm³/mol. The lowest BCUT2D eigenvalue weighted by Crippen LogP contribution is -2.41. The number of amides is 1. The number of hydrogen-bond donors (Lipinski definition) is 1. The zero-order valence-electron chi connectivity index (χ0n) is 13.8. The first-order valence-corrected chi connectivity index (χ1v) is 9.47.